The number of nitriles is 1. The molecule has 1 aromatic rings. The Hall–Kier alpha value is -2.07. The van der Waals surface area contributed by atoms with E-state index in [0.717, 1.165) is 7.11 Å². The largest absolute Gasteiger partial charge is 0.468 e. The Kier molecular flexibility index (Phi) is 4.28. The summed E-state index contributed by atoms with van der Waals surface area (Å²) in [6.45, 7) is 1.69. The van der Waals surface area contributed by atoms with Crippen molar-refractivity contribution in [2.75, 3.05) is 17.6 Å². The van der Waals surface area contributed by atoms with Gasteiger partial charge in [0, 0.05) is 0 Å². The minimum atomic E-state index is -3.87. The number of aryl methyl sites for hydroxylation is 1. The van der Waals surface area contributed by atoms with E-state index in [0.29, 0.717) is 5.56 Å². The molecule has 0 aliphatic rings. The molecule has 0 aromatic heterocycles. The monoisotopic (exact) mass is 268 g/mol. The lowest BCUT2D eigenvalue weighted by atomic mass is 10.1. The van der Waals surface area contributed by atoms with E-state index in [-0.39, 0.29) is 11.3 Å². The summed E-state index contributed by atoms with van der Waals surface area (Å²) in [5.41, 5.74) is 1.03. The van der Waals surface area contributed by atoms with Gasteiger partial charge in [-0.2, -0.15) is 5.26 Å². The van der Waals surface area contributed by atoms with Crippen molar-refractivity contribution in [3.63, 3.8) is 0 Å². The fraction of sp³-hybridized carbons (Fsp3) is 0.273. The summed E-state index contributed by atoms with van der Waals surface area (Å²) < 4.78 is 29.7. The van der Waals surface area contributed by atoms with Crippen molar-refractivity contribution in [3.8, 4) is 6.07 Å². The van der Waals surface area contributed by atoms with Crippen molar-refractivity contribution in [2.45, 2.75) is 6.92 Å². The van der Waals surface area contributed by atoms with E-state index in [1.54, 1.807) is 19.1 Å². The lowest BCUT2D eigenvalue weighted by Crippen LogP contribution is -2.24. The predicted molar refractivity (Wildman–Crippen MR) is 65.3 cm³/mol. The Morgan fingerprint density at radius 3 is 2.72 bits per heavy atom. The predicted octanol–water partition coefficient (Wildman–Crippen LogP) is 0.781. The number of ether oxygens (including phenoxy) is 1. The van der Waals surface area contributed by atoms with Crippen LogP contribution in [-0.4, -0.2) is 27.2 Å². The van der Waals surface area contributed by atoms with Gasteiger partial charge < -0.3 is 4.74 Å². The number of carbonyl (C=O) groups excluding carboxylic acids is 1. The summed E-state index contributed by atoms with van der Waals surface area (Å²) in [4.78, 5) is 10.9. The van der Waals surface area contributed by atoms with Crippen molar-refractivity contribution >= 4 is 21.7 Å². The SMILES string of the molecule is COC(=O)CS(=O)(=O)Nc1cccc(C)c1C#N. The van der Waals surface area contributed by atoms with E-state index in [9.17, 15) is 13.2 Å². The Balaban J connectivity index is 3.02. The minimum Gasteiger partial charge on any atom is -0.468 e. The van der Waals surface area contributed by atoms with Gasteiger partial charge in [-0.05, 0) is 18.6 Å². The normalized spacial score (nSPS) is 10.5. The highest BCUT2D eigenvalue weighted by molar-refractivity contribution is 7.93. The maximum atomic E-state index is 11.6. The zero-order chi connectivity index (χ0) is 13.8. The molecule has 0 saturated heterocycles. The molecule has 0 unspecified atom stereocenters. The standard InChI is InChI=1S/C11H12N2O4S/c1-8-4-3-5-10(9(8)6-12)13-18(15,16)7-11(14)17-2/h3-5,13H,7H2,1-2H3. The molecule has 1 aromatic carbocycles. The minimum absolute atomic E-state index is 0.154. The van der Waals surface area contributed by atoms with Gasteiger partial charge >= 0.3 is 5.97 Å². The molecule has 0 aliphatic heterocycles. The van der Waals surface area contributed by atoms with Gasteiger partial charge in [0.25, 0.3) is 0 Å². The van der Waals surface area contributed by atoms with Gasteiger partial charge in [-0.25, -0.2) is 8.42 Å². The van der Waals surface area contributed by atoms with Gasteiger partial charge in [-0.15, -0.1) is 0 Å². The molecule has 0 atom stereocenters. The first kappa shape index (κ1) is 14.0. The summed E-state index contributed by atoms with van der Waals surface area (Å²) in [5, 5.41) is 8.95. The van der Waals surface area contributed by atoms with Crippen molar-refractivity contribution in [1.82, 2.24) is 0 Å². The molecule has 0 heterocycles. The smallest absolute Gasteiger partial charge is 0.322 e. The van der Waals surface area contributed by atoms with Crippen molar-refractivity contribution in [1.29, 1.82) is 5.26 Å². The molecule has 1 N–H and O–H groups in total. The summed E-state index contributed by atoms with van der Waals surface area (Å²) in [6, 6.07) is 6.68. The highest BCUT2D eigenvalue weighted by Gasteiger charge is 2.18. The zero-order valence-corrected chi connectivity index (χ0v) is 10.7. The lowest BCUT2D eigenvalue weighted by Gasteiger charge is -2.09. The quantitative estimate of drug-likeness (QED) is 0.814. The number of benzene rings is 1. The second-order valence-electron chi connectivity index (χ2n) is 3.55. The summed E-state index contributed by atoms with van der Waals surface area (Å²) in [6.07, 6.45) is 0. The number of esters is 1. The number of methoxy groups -OCH3 is 1. The Bertz CT molecular complexity index is 602. The third-order valence-electron chi connectivity index (χ3n) is 2.19. The second kappa shape index (κ2) is 5.51. The molecular weight excluding hydrogens is 256 g/mol. The maximum Gasteiger partial charge on any atom is 0.322 e. The summed E-state index contributed by atoms with van der Waals surface area (Å²) >= 11 is 0. The Morgan fingerprint density at radius 1 is 1.50 bits per heavy atom. The number of nitrogens with one attached hydrogen (secondary N) is 1. The number of anilines is 1. The third kappa shape index (κ3) is 3.46. The van der Waals surface area contributed by atoms with Crippen LogP contribution in [0, 0.1) is 18.3 Å². The fourth-order valence-electron chi connectivity index (χ4n) is 1.32. The van der Waals surface area contributed by atoms with Crippen LogP contribution < -0.4 is 4.72 Å². The molecule has 0 bridgehead atoms. The zero-order valence-electron chi connectivity index (χ0n) is 9.93. The van der Waals surface area contributed by atoms with E-state index < -0.39 is 21.7 Å². The van der Waals surface area contributed by atoms with E-state index in [4.69, 9.17) is 5.26 Å². The molecule has 0 aliphatic carbocycles. The Morgan fingerprint density at radius 2 is 2.17 bits per heavy atom. The van der Waals surface area contributed by atoms with Crippen LogP contribution in [0.25, 0.3) is 0 Å². The average molecular weight is 268 g/mol. The van der Waals surface area contributed by atoms with Gasteiger partial charge in [0.15, 0.2) is 5.75 Å². The summed E-state index contributed by atoms with van der Waals surface area (Å²) in [7, 11) is -2.77. The fourth-order valence-corrected chi connectivity index (χ4v) is 2.32. The maximum absolute atomic E-state index is 11.6. The molecule has 0 radical (unpaired) electrons. The first-order valence-corrected chi connectivity index (χ1v) is 6.62. The van der Waals surface area contributed by atoms with Gasteiger partial charge in [0.1, 0.15) is 6.07 Å². The molecule has 6 nitrogen and oxygen atoms in total. The van der Waals surface area contributed by atoms with E-state index in [1.165, 1.54) is 6.07 Å². The number of rotatable bonds is 4. The van der Waals surface area contributed by atoms with Crippen molar-refractivity contribution in [3.05, 3.63) is 29.3 Å². The highest BCUT2D eigenvalue weighted by Crippen LogP contribution is 2.19. The van der Waals surface area contributed by atoms with Crippen LogP contribution in [0.4, 0.5) is 5.69 Å². The topological polar surface area (TPSA) is 96.3 Å². The first-order valence-electron chi connectivity index (χ1n) is 4.96. The van der Waals surface area contributed by atoms with E-state index in [1.807, 2.05) is 6.07 Å². The van der Waals surface area contributed by atoms with Crippen LogP contribution in [0.2, 0.25) is 0 Å². The second-order valence-corrected chi connectivity index (χ2v) is 5.27. The van der Waals surface area contributed by atoms with E-state index >= 15 is 0 Å². The third-order valence-corrected chi connectivity index (χ3v) is 3.33. The van der Waals surface area contributed by atoms with Crippen LogP contribution >= 0.6 is 0 Å². The van der Waals surface area contributed by atoms with Crippen LogP contribution in [0.1, 0.15) is 11.1 Å². The average Bonchev–Trinajstić information content (AvgIpc) is 2.28. The number of sulfonamides is 1. The molecule has 18 heavy (non-hydrogen) atoms. The molecule has 0 fully saturated rings. The van der Waals surface area contributed by atoms with Gasteiger partial charge in [-0.1, -0.05) is 12.1 Å². The number of nitrogens with zero attached hydrogens (tertiary/aromatic N) is 1. The molecule has 0 amide bonds. The van der Waals surface area contributed by atoms with Crippen LogP contribution in [-0.2, 0) is 19.6 Å². The molecule has 0 spiro atoms. The highest BCUT2D eigenvalue weighted by atomic mass is 32.2. The Labute approximate surface area is 105 Å². The molecule has 1 rings (SSSR count). The molecule has 7 heteroatoms. The number of carbonyl (C=O) groups is 1. The first-order chi connectivity index (χ1) is 8.39. The van der Waals surface area contributed by atoms with Crippen LogP contribution in [0.3, 0.4) is 0 Å². The van der Waals surface area contributed by atoms with E-state index in [2.05, 4.69) is 9.46 Å². The van der Waals surface area contributed by atoms with Gasteiger partial charge in [0.05, 0.1) is 18.4 Å². The summed E-state index contributed by atoms with van der Waals surface area (Å²) in [5.74, 6) is -1.66. The molecular formula is C11H12N2O4S. The number of hydrogen-bond acceptors (Lipinski definition) is 5. The molecule has 0 saturated carbocycles. The number of hydrogen-bond donors (Lipinski definition) is 1. The lowest BCUT2D eigenvalue weighted by molar-refractivity contribution is -0.137. The molecule has 96 valence electrons. The van der Waals surface area contributed by atoms with Crippen LogP contribution in [0.5, 0.6) is 0 Å². The van der Waals surface area contributed by atoms with Crippen LogP contribution in [0.15, 0.2) is 18.2 Å². The van der Waals surface area contributed by atoms with Gasteiger partial charge in [0.2, 0.25) is 10.0 Å². The van der Waals surface area contributed by atoms with Crippen molar-refractivity contribution < 1.29 is 17.9 Å². The van der Waals surface area contributed by atoms with Crippen molar-refractivity contribution in [2.24, 2.45) is 0 Å². The van der Waals surface area contributed by atoms with Gasteiger partial charge in [-0.3, -0.25) is 9.52 Å².